The van der Waals surface area contributed by atoms with Gasteiger partial charge >= 0.3 is 5.97 Å². The van der Waals surface area contributed by atoms with Crippen LogP contribution in [0.5, 0.6) is 0 Å². The van der Waals surface area contributed by atoms with Crippen LogP contribution in [-0.4, -0.2) is 23.2 Å². The van der Waals surface area contributed by atoms with Crippen LogP contribution in [0.15, 0.2) is 0 Å². The Morgan fingerprint density at radius 2 is 2.10 bits per heavy atom. The van der Waals surface area contributed by atoms with Crippen molar-refractivity contribution >= 4 is 5.97 Å². The fourth-order valence-corrected chi connectivity index (χ4v) is 0.418. The van der Waals surface area contributed by atoms with E-state index in [0.717, 1.165) is 0 Å². The minimum Gasteiger partial charge on any atom is -0.481 e. The first kappa shape index (κ1) is 12.6. The van der Waals surface area contributed by atoms with Crippen molar-refractivity contribution in [2.75, 3.05) is 6.54 Å². The summed E-state index contributed by atoms with van der Waals surface area (Å²) in [5, 5.41) is 8.24. The first-order valence-electron chi connectivity index (χ1n) is 2.69. The average Bonchev–Trinajstić information content (AvgIpc) is 1.63. The maximum Gasteiger partial charge on any atom is 0.305 e. The summed E-state index contributed by atoms with van der Waals surface area (Å²) in [6.07, 6.45) is -0.0799. The van der Waals surface area contributed by atoms with Crippen LogP contribution in [0.2, 0.25) is 0 Å². The van der Waals surface area contributed by atoms with Crippen LogP contribution < -0.4 is 11.5 Å². The molecule has 5 N–H and O–H groups in total. The third kappa shape index (κ3) is 6.04. The number of carboxylic acids is 1. The molecule has 0 rings (SSSR count). The maximum absolute atomic E-state index is 10.0. The topological polar surface area (TPSA) is 89.3 Å². The van der Waals surface area contributed by atoms with Gasteiger partial charge in [0, 0.05) is 29.2 Å². The van der Waals surface area contributed by atoms with E-state index in [4.69, 9.17) is 16.6 Å². The van der Waals surface area contributed by atoms with Crippen molar-refractivity contribution in [2.24, 2.45) is 11.5 Å². The second-order valence-corrected chi connectivity index (χ2v) is 2.43. The Morgan fingerprint density at radius 1 is 1.70 bits per heavy atom. The van der Waals surface area contributed by atoms with Crippen molar-refractivity contribution in [1.82, 2.24) is 0 Å². The summed E-state index contributed by atoms with van der Waals surface area (Å²) in [6.45, 7) is 1.81. The van der Waals surface area contributed by atoms with Crippen molar-refractivity contribution in [3.05, 3.63) is 0 Å². The molecule has 1 unspecified atom stereocenters. The van der Waals surface area contributed by atoms with E-state index in [0.29, 0.717) is 0 Å². The molecule has 0 aromatic rings. The molecule has 0 bridgehead atoms. The summed E-state index contributed by atoms with van der Waals surface area (Å²) in [4.78, 5) is 10.0. The predicted molar refractivity (Wildman–Crippen MR) is 33.9 cm³/mol. The molecule has 0 radical (unpaired) electrons. The zero-order valence-corrected chi connectivity index (χ0v) is 6.88. The molecular weight excluding hydrogens is 176 g/mol. The molecule has 0 aliphatic rings. The number of hydrogen-bond acceptors (Lipinski definition) is 3. The molecule has 0 aromatic heterocycles. The smallest absolute Gasteiger partial charge is 0.305 e. The summed E-state index contributed by atoms with van der Waals surface area (Å²) in [5.74, 6) is -0.912. The Hall–Kier alpha value is -0.0905. The predicted octanol–water partition coefficient (Wildman–Crippen LogP) is -0.865. The fraction of sp³-hybridized carbons (Fsp3) is 0.800. The Labute approximate surface area is 70.4 Å². The van der Waals surface area contributed by atoms with Crippen LogP contribution in [0.3, 0.4) is 0 Å². The van der Waals surface area contributed by atoms with Gasteiger partial charge in [0.15, 0.2) is 0 Å². The zero-order valence-electron chi connectivity index (χ0n) is 5.78. The molecule has 10 heavy (non-hydrogen) atoms. The second kappa shape index (κ2) is 4.68. The zero-order chi connectivity index (χ0) is 7.49. The SMILES string of the molecule is CC(N)(CN)CC(=O)O.[Fe]. The van der Waals surface area contributed by atoms with E-state index in [1.165, 1.54) is 0 Å². The van der Waals surface area contributed by atoms with Gasteiger partial charge in [-0.15, -0.1) is 0 Å². The van der Waals surface area contributed by atoms with Crippen molar-refractivity contribution in [1.29, 1.82) is 0 Å². The summed E-state index contributed by atoms with van der Waals surface area (Å²) in [5.41, 5.74) is 9.82. The molecule has 5 heteroatoms. The second-order valence-electron chi connectivity index (χ2n) is 2.43. The van der Waals surface area contributed by atoms with E-state index in [2.05, 4.69) is 0 Å². The van der Waals surface area contributed by atoms with Gasteiger partial charge in [-0.1, -0.05) is 0 Å². The standard InChI is InChI=1S/C5H12N2O2.Fe/c1-5(7,3-6)2-4(8)9;/h2-3,6-7H2,1H3,(H,8,9);. The molecule has 0 saturated heterocycles. The monoisotopic (exact) mass is 188 g/mol. The van der Waals surface area contributed by atoms with Crippen LogP contribution in [-0.2, 0) is 21.9 Å². The van der Waals surface area contributed by atoms with Gasteiger partial charge in [0.25, 0.3) is 0 Å². The molecule has 0 aliphatic carbocycles. The molecule has 0 fully saturated rings. The molecule has 0 aliphatic heterocycles. The van der Waals surface area contributed by atoms with Gasteiger partial charge in [0.1, 0.15) is 0 Å². The molecule has 4 nitrogen and oxygen atoms in total. The summed E-state index contributed by atoms with van der Waals surface area (Å²) < 4.78 is 0. The Morgan fingerprint density at radius 3 is 2.20 bits per heavy atom. The van der Waals surface area contributed by atoms with E-state index >= 15 is 0 Å². The van der Waals surface area contributed by atoms with Gasteiger partial charge < -0.3 is 16.6 Å². The molecule has 0 heterocycles. The van der Waals surface area contributed by atoms with E-state index in [1.807, 2.05) is 0 Å². The number of aliphatic carboxylic acids is 1. The van der Waals surface area contributed by atoms with Crippen molar-refractivity contribution < 1.29 is 27.0 Å². The summed E-state index contributed by atoms with van der Waals surface area (Å²) >= 11 is 0. The van der Waals surface area contributed by atoms with Gasteiger partial charge in [0.2, 0.25) is 0 Å². The fourth-order valence-electron chi connectivity index (χ4n) is 0.418. The third-order valence-corrected chi connectivity index (χ3v) is 1.02. The van der Waals surface area contributed by atoms with Crippen LogP contribution in [0.4, 0.5) is 0 Å². The molecule has 62 valence electrons. The number of nitrogens with two attached hydrogens (primary N) is 2. The van der Waals surface area contributed by atoms with Gasteiger partial charge in [-0.2, -0.15) is 0 Å². The Bertz CT molecular complexity index is 116. The van der Waals surface area contributed by atoms with E-state index in [-0.39, 0.29) is 30.0 Å². The Balaban J connectivity index is 0. The summed E-state index contributed by atoms with van der Waals surface area (Å²) in [6, 6.07) is 0. The van der Waals surface area contributed by atoms with Crippen molar-refractivity contribution in [3.8, 4) is 0 Å². The number of rotatable bonds is 3. The molecular formula is C5H12FeN2O2. The number of carboxylic acid groups (broad SMARTS) is 1. The minimum absolute atomic E-state index is 0. The van der Waals surface area contributed by atoms with Crippen LogP contribution in [0.1, 0.15) is 13.3 Å². The molecule has 0 saturated carbocycles. The first-order chi connectivity index (χ1) is 3.98. The number of carbonyl (C=O) groups is 1. The quantitative estimate of drug-likeness (QED) is 0.502. The van der Waals surface area contributed by atoms with Crippen LogP contribution >= 0.6 is 0 Å². The van der Waals surface area contributed by atoms with Gasteiger partial charge in [-0.05, 0) is 6.92 Å². The van der Waals surface area contributed by atoms with E-state index < -0.39 is 11.5 Å². The molecule has 0 aromatic carbocycles. The molecule has 0 amide bonds. The third-order valence-electron chi connectivity index (χ3n) is 1.02. The first-order valence-corrected chi connectivity index (χ1v) is 2.69. The van der Waals surface area contributed by atoms with Gasteiger partial charge in [-0.25, -0.2) is 0 Å². The molecule has 0 spiro atoms. The largest absolute Gasteiger partial charge is 0.481 e. The van der Waals surface area contributed by atoms with E-state index in [9.17, 15) is 4.79 Å². The summed E-state index contributed by atoms with van der Waals surface area (Å²) in [7, 11) is 0. The van der Waals surface area contributed by atoms with Crippen molar-refractivity contribution in [2.45, 2.75) is 18.9 Å². The van der Waals surface area contributed by atoms with E-state index in [1.54, 1.807) is 6.92 Å². The minimum atomic E-state index is -0.912. The normalized spacial score (nSPS) is 15.1. The molecule has 1 atom stereocenters. The van der Waals surface area contributed by atoms with Crippen molar-refractivity contribution in [3.63, 3.8) is 0 Å². The maximum atomic E-state index is 10.0. The van der Waals surface area contributed by atoms with Crippen LogP contribution in [0, 0.1) is 0 Å². The average molecular weight is 188 g/mol. The Kier molecular flexibility index (Phi) is 5.89. The van der Waals surface area contributed by atoms with Crippen LogP contribution in [0.25, 0.3) is 0 Å². The number of hydrogen-bond donors (Lipinski definition) is 3. The van der Waals surface area contributed by atoms with Gasteiger partial charge in [-0.3, -0.25) is 4.79 Å². The van der Waals surface area contributed by atoms with Gasteiger partial charge in [0.05, 0.1) is 6.42 Å².